The number of hydrogen-bond acceptors (Lipinski definition) is 3. The third-order valence-electron chi connectivity index (χ3n) is 4.81. The Bertz CT molecular complexity index is 1040. The lowest BCUT2D eigenvalue weighted by Crippen LogP contribution is -2.15. The van der Waals surface area contributed by atoms with Crippen molar-refractivity contribution in [1.82, 2.24) is 4.57 Å². The first-order valence-corrected chi connectivity index (χ1v) is 9.22. The fourth-order valence-electron chi connectivity index (χ4n) is 3.23. The summed E-state index contributed by atoms with van der Waals surface area (Å²) in [6, 6.07) is 13.2. The number of halogens is 2. The van der Waals surface area contributed by atoms with E-state index in [9.17, 15) is 18.4 Å². The fraction of sp³-hybridized carbons (Fsp3) is 0.217. The standard InChI is InChI=1S/C23H21F2NO3/c1-15-12-21(16(2)26(15)11-10-17-6-8-19(24)9-7-17)22(27)14-29-23(28)18-4-3-5-20(25)13-18/h3-9,12-13H,10-11,14H2,1-2H3. The molecule has 0 spiro atoms. The molecular formula is C23H21F2NO3. The average Bonchev–Trinajstić information content (AvgIpc) is 2.99. The maximum absolute atomic E-state index is 13.2. The lowest BCUT2D eigenvalue weighted by molar-refractivity contribution is 0.0474. The third-order valence-corrected chi connectivity index (χ3v) is 4.81. The van der Waals surface area contributed by atoms with Crippen molar-refractivity contribution in [3.8, 4) is 0 Å². The number of aryl methyl sites for hydroxylation is 2. The van der Waals surface area contributed by atoms with E-state index in [0.29, 0.717) is 18.5 Å². The van der Waals surface area contributed by atoms with Gasteiger partial charge in [0.15, 0.2) is 6.61 Å². The minimum absolute atomic E-state index is 0.0579. The van der Waals surface area contributed by atoms with E-state index in [1.54, 1.807) is 18.2 Å². The number of benzene rings is 2. The summed E-state index contributed by atoms with van der Waals surface area (Å²) in [5.41, 5.74) is 3.22. The van der Waals surface area contributed by atoms with Gasteiger partial charge in [-0.15, -0.1) is 0 Å². The van der Waals surface area contributed by atoms with Gasteiger partial charge in [0.2, 0.25) is 5.78 Å². The Morgan fingerprint density at radius 3 is 2.38 bits per heavy atom. The maximum atomic E-state index is 13.2. The molecule has 1 heterocycles. The molecular weight excluding hydrogens is 376 g/mol. The first-order chi connectivity index (χ1) is 13.8. The number of Topliss-reactive ketones (excluding diaryl/α,β-unsaturated/α-hetero) is 1. The van der Waals surface area contributed by atoms with Crippen LogP contribution in [0.5, 0.6) is 0 Å². The molecule has 0 aliphatic heterocycles. The quantitative estimate of drug-likeness (QED) is 0.430. The van der Waals surface area contributed by atoms with Crippen LogP contribution in [0.2, 0.25) is 0 Å². The zero-order chi connectivity index (χ0) is 21.0. The van der Waals surface area contributed by atoms with E-state index in [1.165, 1.54) is 30.3 Å². The van der Waals surface area contributed by atoms with Gasteiger partial charge in [0, 0.05) is 23.5 Å². The summed E-state index contributed by atoms with van der Waals surface area (Å²) >= 11 is 0. The zero-order valence-electron chi connectivity index (χ0n) is 16.2. The molecule has 2 aromatic carbocycles. The normalized spacial score (nSPS) is 10.8. The molecule has 29 heavy (non-hydrogen) atoms. The number of aromatic nitrogens is 1. The van der Waals surface area contributed by atoms with Crippen molar-refractivity contribution in [1.29, 1.82) is 0 Å². The van der Waals surface area contributed by atoms with Gasteiger partial charge in [-0.1, -0.05) is 18.2 Å². The molecule has 0 bridgehead atoms. The van der Waals surface area contributed by atoms with Crippen LogP contribution in [0, 0.1) is 25.5 Å². The van der Waals surface area contributed by atoms with Gasteiger partial charge >= 0.3 is 5.97 Å². The molecule has 0 saturated heterocycles. The second-order valence-electron chi connectivity index (χ2n) is 6.82. The first-order valence-electron chi connectivity index (χ1n) is 9.22. The Morgan fingerprint density at radius 2 is 1.69 bits per heavy atom. The summed E-state index contributed by atoms with van der Waals surface area (Å²) in [5.74, 6) is -1.89. The molecule has 0 saturated carbocycles. The van der Waals surface area contributed by atoms with Crippen LogP contribution in [0.1, 0.15) is 37.7 Å². The monoisotopic (exact) mass is 397 g/mol. The summed E-state index contributed by atoms with van der Waals surface area (Å²) < 4.78 is 33.3. The highest BCUT2D eigenvalue weighted by Crippen LogP contribution is 2.17. The van der Waals surface area contributed by atoms with Crippen molar-refractivity contribution in [3.05, 3.63) is 94.3 Å². The third kappa shape index (κ3) is 4.96. The van der Waals surface area contributed by atoms with Gasteiger partial charge < -0.3 is 9.30 Å². The number of esters is 1. The van der Waals surface area contributed by atoms with Gasteiger partial charge in [-0.3, -0.25) is 4.79 Å². The highest BCUT2D eigenvalue weighted by atomic mass is 19.1. The number of ketones is 1. The Morgan fingerprint density at radius 1 is 0.966 bits per heavy atom. The molecule has 1 aromatic heterocycles. The van der Waals surface area contributed by atoms with Crippen LogP contribution >= 0.6 is 0 Å². The van der Waals surface area contributed by atoms with Crippen molar-refractivity contribution >= 4 is 11.8 Å². The van der Waals surface area contributed by atoms with Gasteiger partial charge in [0.1, 0.15) is 11.6 Å². The Kier molecular flexibility index (Phi) is 6.22. The van der Waals surface area contributed by atoms with E-state index in [-0.39, 0.29) is 17.2 Å². The van der Waals surface area contributed by atoms with Crippen LogP contribution in [0.3, 0.4) is 0 Å². The summed E-state index contributed by atoms with van der Waals surface area (Å²) in [6.07, 6.45) is 0.693. The number of carbonyl (C=O) groups is 2. The van der Waals surface area contributed by atoms with E-state index in [2.05, 4.69) is 0 Å². The topological polar surface area (TPSA) is 48.3 Å². The van der Waals surface area contributed by atoms with Crippen LogP contribution < -0.4 is 0 Å². The van der Waals surface area contributed by atoms with Crippen molar-refractivity contribution < 1.29 is 23.1 Å². The van der Waals surface area contributed by atoms with E-state index in [0.717, 1.165) is 23.0 Å². The molecule has 0 unspecified atom stereocenters. The first kappa shape index (κ1) is 20.5. The van der Waals surface area contributed by atoms with Crippen LogP contribution in [0.25, 0.3) is 0 Å². The molecule has 150 valence electrons. The zero-order valence-corrected chi connectivity index (χ0v) is 16.2. The van der Waals surface area contributed by atoms with E-state index >= 15 is 0 Å². The Hall–Kier alpha value is -3.28. The van der Waals surface area contributed by atoms with E-state index < -0.39 is 18.4 Å². The Labute approximate surface area is 167 Å². The maximum Gasteiger partial charge on any atom is 0.338 e. The second kappa shape index (κ2) is 8.82. The van der Waals surface area contributed by atoms with Crippen LogP contribution in [-0.4, -0.2) is 22.9 Å². The number of carbonyl (C=O) groups excluding carboxylic acids is 2. The highest BCUT2D eigenvalue weighted by molar-refractivity contribution is 6.00. The lowest BCUT2D eigenvalue weighted by Gasteiger charge is -2.10. The van der Waals surface area contributed by atoms with Gasteiger partial charge in [-0.05, 0) is 62.2 Å². The van der Waals surface area contributed by atoms with Crippen molar-refractivity contribution in [2.75, 3.05) is 6.61 Å². The minimum Gasteiger partial charge on any atom is -0.454 e. The summed E-state index contributed by atoms with van der Waals surface area (Å²) in [7, 11) is 0. The molecule has 0 amide bonds. The van der Waals surface area contributed by atoms with E-state index in [4.69, 9.17) is 4.74 Å². The van der Waals surface area contributed by atoms with Gasteiger partial charge in [-0.25, -0.2) is 13.6 Å². The number of rotatable bonds is 7. The minimum atomic E-state index is -0.747. The van der Waals surface area contributed by atoms with E-state index in [1.807, 2.05) is 18.4 Å². The molecule has 0 atom stereocenters. The van der Waals surface area contributed by atoms with Crippen LogP contribution in [0.15, 0.2) is 54.6 Å². The largest absolute Gasteiger partial charge is 0.454 e. The summed E-state index contributed by atoms with van der Waals surface area (Å²) in [6.45, 7) is 3.95. The highest BCUT2D eigenvalue weighted by Gasteiger charge is 2.18. The SMILES string of the molecule is Cc1cc(C(=O)COC(=O)c2cccc(F)c2)c(C)n1CCc1ccc(F)cc1. The molecule has 3 rings (SSSR count). The fourth-order valence-corrected chi connectivity index (χ4v) is 3.23. The second-order valence-corrected chi connectivity index (χ2v) is 6.82. The summed E-state index contributed by atoms with van der Waals surface area (Å²) in [5, 5.41) is 0. The van der Waals surface area contributed by atoms with Gasteiger partial charge in [-0.2, -0.15) is 0 Å². The van der Waals surface area contributed by atoms with Gasteiger partial charge in [0.05, 0.1) is 5.56 Å². The number of nitrogens with zero attached hydrogens (tertiary/aromatic N) is 1. The molecule has 0 aliphatic rings. The molecule has 0 N–H and O–H groups in total. The van der Waals surface area contributed by atoms with Crippen molar-refractivity contribution in [2.24, 2.45) is 0 Å². The number of hydrogen-bond donors (Lipinski definition) is 0. The average molecular weight is 397 g/mol. The predicted molar refractivity (Wildman–Crippen MR) is 105 cm³/mol. The smallest absolute Gasteiger partial charge is 0.338 e. The Balaban J connectivity index is 1.64. The van der Waals surface area contributed by atoms with Gasteiger partial charge in [0.25, 0.3) is 0 Å². The molecule has 0 radical (unpaired) electrons. The molecule has 3 aromatic rings. The molecule has 6 heteroatoms. The molecule has 4 nitrogen and oxygen atoms in total. The number of ether oxygens (including phenoxy) is 1. The van der Waals surface area contributed by atoms with Crippen molar-refractivity contribution in [3.63, 3.8) is 0 Å². The predicted octanol–water partition coefficient (Wildman–Crippen LogP) is 4.67. The molecule has 0 aliphatic carbocycles. The van der Waals surface area contributed by atoms with Crippen LogP contribution in [0.4, 0.5) is 8.78 Å². The molecule has 0 fully saturated rings. The van der Waals surface area contributed by atoms with Crippen molar-refractivity contribution in [2.45, 2.75) is 26.8 Å². The summed E-state index contributed by atoms with van der Waals surface area (Å²) in [4.78, 5) is 24.5. The lowest BCUT2D eigenvalue weighted by atomic mass is 10.1. The van der Waals surface area contributed by atoms with Crippen LogP contribution in [-0.2, 0) is 17.7 Å².